The van der Waals surface area contributed by atoms with Gasteiger partial charge in [-0.3, -0.25) is 4.79 Å². The highest BCUT2D eigenvalue weighted by Crippen LogP contribution is 2.42. The number of carbonyl (C=O) groups is 1. The van der Waals surface area contributed by atoms with Crippen LogP contribution in [0.4, 0.5) is 0 Å². The molecule has 1 rings (SSSR count). The van der Waals surface area contributed by atoms with Gasteiger partial charge in [0.1, 0.15) is 15.0 Å². The van der Waals surface area contributed by atoms with E-state index in [2.05, 4.69) is 34.8 Å². The fraction of sp³-hybridized carbons (Fsp3) is 0.720. The van der Waals surface area contributed by atoms with E-state index in [9.17, 15) is 15.0 Å². The number of aliphatic hydroxyl groups is 1. The molecule has 0 fully saturated rings. The topological polar surface area (TPSA) is 89.8 Å². The highest BCUT2D eigenvalue weighted by Gasteiger charge is 2.34. The molecule has 0 aliphatic heterocycles. The molecule has 0 bridgehead atoms. The van der Waals surface area contributed by atoms with E-state index in [1.54, 1.807) is 0 Å². The van der Waals surface area contributed by atoms with E-state index in [0.29, 0.717) is 24.5 Å². The van der Waals surface area contributed by atoms with Crippen molar-refractivity contribution in [2.75, 3.05) is 6.61 Å². The number of alkyl halides is 1. The Morgan fingerprint density at radius 2 is 1.48 bits per heavy atom. The Balaban J connectivity index is 2.31. The summed E-state index contributed by atoms with van der Waals surface area (Å²) in [6.07, 6.45) is 15.3. The van der Waals surface area contributed by atoms with Crippen LogP contribution in [0.15, 0.2) is 18.2 Å². The average molecular weight is 548 g/mol. The van der Waals surface area contributed by atoms with Crippen LogP contribution in [0.2, 0.25) is 0 Å². The molecule has 1 aromatic carbocycles. The lowest BCUT2D eigenvalue weighted by atomic mass is 9.91. The molecule has 0 aliphatic carbocycles. The minimum Gasteiger partial charge on any atom is -0.508 e. The molecule has 1 aromatic rings. The first-order valence-corrected chi connectivity index (χ1v) is 13.0. The number of aliphatic hydroxyl groups excluding tert-OH is 1. The van der Waals surface area contributed by atoms with Gasteiger partial charge in [-0.05, 0) is 59.5 Å². The number of benzene rings is 1. The van der Waals surface area contributed by atoms with Gasteiger partial charge in [0.15, 0.2) is 0 Å². The molecule has 31 heavy (non-hydrogen) atoms. The van der Waals surface area contributed by atoms with Crippen molar-refractivity contribution in [3.63, 3.8) is 0 Å². The summed E-state index contributed by atoms with van der Waals surface area (Å²) in [5, 5.41) is 31.9. The van der Waals surface area contributed by atoms with Gasteiger partial charge in [0.2, 0.25) is 5.91 Å². The quantitative estimate of drug-likeness (QED) is 0.0588. The van der Waals surface area contributed by atoms with Crippen LogP contribution in [0, 0.1) is 5.92 Å². The normalized spacial score (nSPS) is 14.2. The van der Waals surface area contributed by atoms with E-state index < -0.39 is 3.55 Å². The predicted octanol–water partition coefficient (Wildman–Crippen LogP) is 6.52. The number of unbranched alkanes of at least 4 members (excludes halogenated alkanes) is 10. The monoisotopic (exact) mass is 547 g/mol. The van der Waals surface area contributed by atoms with Gasteiger partial charge < -0.3 is 20.6 Å². The van der Waals surface area contributed by atoms with Crippen LogP contribution in [0.5, 0.6) is 11.5 Å². The van der Waals surface area contributed by atoms with E-state index in [1.807, 2.05) is 0 Å². The zero-order valence-corrected chi connectivity index (χ0v) is 21.5. The second kappa shape index (κ2) is 15.7. The minimum atomic E-state index is -0.747. The molecule has 4 N–H and O–H groups in total. The maximum absolute atomic E-state index is 11.8. The first kappa shape index (κ1) is 28.0. The first-order chi connectivity index (χ1) is 14.8. The Morgan fingerprint density at radius 1 is 0.968 bits per heavy atom. The number of rotatable bonds is 17. The molecule has 6 heteroatoms. The molecule has 1 amide bonds. The Bertz CT molecular complexity index is 640. The molecule has 178 valence electrons. The third-order valence-electron chi connectivity index (χ3n) is 5.77. The van der Waals surface area contributed by atoms with E-state index in [4.69, 9.17) is 5.11 Å². The summed E-state index contributed by atoms with van der Waals surface area (Å²) < 4.78 is -0.747. The van der Waals surface area contributed by atoms with Crippen LogP contribution in [0.1, 0.15) is 103 Å². The highest BCUT2D eigenvalue weighted by molar-refractivity contribution is 14.1. The van der Waals surface area contributed by atoms with Crippen LogP contribution in [-0.4, -0.2) is 27.8 Å². The average Bonchev–Trinajstić information content (AvgIpc) is 2.69. The summed E-state index contributed by atoms with van der Waals surface area (Å²) in [7, 11) is 0. The summed E-state index contributed by atoms with van der Waals surface area (Å²) in [6.45, 7) is 3.99. The lowest BCUT2D eigenvalue weighted by Crippen LogP contribution is -2.41. The van der Waals surface area contributed by atoms with Crippen molar-refractivity contribution in [2.45, 2.75) is 101 Å². The summed E-state index contributed by atoms with van der Waals surface area (Å²) in [5.41, 5.74) is 0.548. The Kier molecular flexibility index (Phi) is 14.2. The van der Waals surface area contributed by atoms with Crippen LogP contribution in [0.25, 0.3) is 0 Å². The van der Waals surface area contributed by atoms with E-state index in [-0.39, 0.29) is 17.4 Å². The molecular formula is C25H42INO4. The summed E-state index contributed by atoms with van der Waals surface area (Å²) in [5.74, 6) is 0.390. The van der Waals surface area contributed by atoms with E-state index in [0.717, 1.165) is 19.3 Å². The predicted molar refractivity (Wildman–Crippen MR) is 136 cm³/mol. The largest absolute Gasteiger partial charge is 0.508 e. The Labute approximate surface area is 202 Å². The minimum absolute atomic E-state index is 0.0806. The van der Waals surface area contributed by atoms with Crippen molar-refractivity contribution < 1.29 is 20.1 Å². The molecule has 2 atom stereocenters. The van der Waals surface area contributed by atoms with Gasteiger partial charge in [-0.2, -0.15) is 0 Å². The van der Waals surface area contributed by atoms with Gasteiger partial charge >= 0.3 is 0 Å². The van der Waals surface area contributed by atoms with Crippen molar-refractivity contribution in [2.24, 2.45) is 5.92 Å². The molecule has 0 aliphatic rings. The molecule has 0 radical (unpaired) electrons. The number of phenolic OH excluding ortho intramolecular Hbond substituents is 2. The maximum Gasteiger partial charge on any atom is 0.218 e. The molecule has 0 aromatic heterocycles. The molecular weight excluding hydrogens is 505 g/mol. The van der Waals surface area contributed by atoms with Crippen LogP contribution in [0.3, 0.4) is 0 Å². The summed E-state index contributed by atoms with van der Waals surface area (Å²) in [4.78, 5) is 11.8. The van der Waals surface area contributed by atoms with Crippen LogP contribution in [-0.2, 0) is 8.34 Å². The van der Waals surface area contributed by atoms with Crippen molar-refractivity contribution in [1.29, 1.82) is 0 Å². The smallest absolute Gasteiger partial charge is 0.218 e. The number of hydrogen-bond donors (Lipinski definition) is 4. The molecule has 2 unspecified atom stereocenters. The molecule has 0 saturated heterocycles. The third kappa shape index (κ3) is 12.0. The van der Waals surface area contributed by atoms with Gasteiger partial charge in [-0.25, -0.2) is 0 Å². The Hall–Kier alpha value is -1.02. The second-order valence-corrected chi connectivity index (χ2v) is 10.7. The van der Waals surface area contributed by atoms with Gasteiger partial charge in [0.05, 0.1) is 0 Å². The standard InChI is InChI=1S/C25H42INO4/c1-20(14-12-10-8-6-4-3-5-7-9-11-13-17-28)19-25(26,27-21(2)29)23-18-22(30)15-16-24(23)31/h15-16,18,20,28,30-31H,3-14,17,19H2,1-2H3,(H,27,29). The van der Waals surface area contributed by atoms with Crippen molar-refractivity contribution in [3.05, 3.63) is 23.8 Å². The first-order valence-electron chi connectivity index (χ1n) is 11.9. The fourth-order valence-electron chi connectivity index (χ4n) is 4.13. The second-order valence-electron chi connectivity index (χ2n) is 8.89. The van der Waals surface area contributed by atoms with Crippen LogP contribution >= 0.6 is 22.6 Å². The van der Waals surface area contributed by atoms with Gasteiger partial charge in [-0.1, -0.05) is 77.6 Å². The SMILES string of the molecule is CC(=O)NC(I)(CC(C)CCCCCCCCCCCCCO)c1cc(O)ccc1O. The zero-order chi connectivity index (χ0) is 23.1. The lowest BCUT2D eigenvalue weighted by Gasteiger charge is -2.32. The number of carbonyl (C=O) groups excluding carboxylic acids is 1. The van der Waals surface area contributed by atoms with Crippen LogP contribution < -0.4 is 5.32 Å². The van der Waals surface area contributed by atoms with Gasteiger partial charge in [0, 0.05) is 19.1 Å². The number of hydrogen-bond acceptors (Lipinski definition) is 4. The number of halogens is 1. The molecule has 5 nitrogen and oxygen atoms in total. The number of amides is 1. The van der Waals surface area contributed by atoms with Crippen molar-refractivity contribution >= 4 is 28.5 Å². The molecule has 0 spiro atoms. The van der Waals surface area contributed by atoms with Gasteiger partial charge in [-0.15, -0.1) is 0 Å². The number of phenols is 2. The zero-order valence-electron chi connectivity index (χ0n) is 19.3. The molecule has 0 saturated carbocycles. The fourth-order valence-corrected chi connectivity index (χ4v) is 5.69. The highest BCUT2D eigenvalue weighted by atomic mass is 127. The van der Waals surface area contributed by atoms with Crippen molar-refractivity contribution in [1.82, 2.24) is 5.32 Å². The van der Waals surface area contributed by atoms with E-state index >= 15 is 0 Å². The third-order valence-corrected chi connectivity index (χ3v) is 7.06. The maximum atomic E-state index is 11.8. The van der Waals surface area contributed by atoms with Crippen molar-refractivity contribution in [3.8, 4) is 11.5 Å². The summed E-state index contributed by atoms with van der Waals surface area (Å²) >= 11 is 2.20. The number of aromatic hydroxyl groups is 2. The lowest BCUT2D eigenvalue weighted by molar-refractivity contribution is -0.120. The number of nitrogens with one attached hydrogen (secondary N) is 1. The summed E-state index contributed by atoms with van der Waals surface area (Å²) in [6, 6.07) is 4.46. The molecule has 0 heterocycles. The van der Waals surface area contributed by atoms with Gasteiger partial charge in [0.25, 0.3) is 0 Å². The Morgan fingerprint density at radius 3 is 2.00 bits per heavy atom. The van der Waals surface area contributed by atoms with E-state index in [1.165, 1.54) is 82.9 Å².